The summed E-state index contributed by atoms with van der Waals surface area (Å²) in [5.41, 5.74) is 4.29. The van der Waals surface area contributed by atoms with Crippen LogP contribution in [0.4, 0.5) is 0 Å². The highest BCUT2D eigenvalue weighted by molar-refractivity contribution is 9.11. The first-order chi connectivity index (χ1) is 6.61. The summed E-state index contributed by atoms with van der Waals surface area (Å²) in [6.07, 6.45) is 0.709. The molecule has 3 rings (SSSR count). The summed E-state index contributed by atoms with van der Waals surface area (Å²) in [4.78, 5) is 0. The van der Waals surface area contributed by atoms with Gasteiger partial charge in [-0.15, -0.1) is 0 Å². The van der Waals surface area contributed by atoms with Crippen LogP contribution < -0.4 is 0 Å². The van der Waals surface area contributed by atoms with Gasteiger partial charge in [-0.05, 0) is 22.3 Å². The molecule has 1 aromatic rings. The second-order valence-corrected chi connectivity index (χ2v) is 5.44. The Morgan fingerprint density at radius 3 is 1.50 bits per heavy atom. The van der Waals surface area contributed by atoms with Crippen molar-refractivity contribution < 1.29 is 10.2 Å². The summed E-state index contributed by atoms with van der Waals surface area (Å²) in [5.74, 6) is 0. The fourth-order valence-electron chi connectivity index (χ4n) is 2.25. The quantitative estimate of drug-likeness (QED) is 0.771. The maximum atomic E-state index is 9.60. The number of hydrogen-bond acceptors (Lipinski definition) is 2. The Kier molecular flexibility index (Phi) is 1.88. The van der Waals surface area contributed by atoms with Crippen LogP contribution in [0.1, 0.15) is 34.5 Å². The molecule has 0 aromatic heterocycles. The molecule has 0 radical (unpaired) electrons. The predicted octanol–water partition coefficient (Wildman–Crippen LogP) is 2.39. The van der Waals surface area contributed by atoms with Crippen LogP contribution in [-0.2, 0) is 12.8 Å². The van der Waals surface area contributed by atoms with E-state index in [4.69, 9.17) is 0 Å². The standard InChI is InChI=1S/C10H8Br2O2/c11-9-3-1-5(13)7(3)10(12)4-2-6(14)8(4)9/h5-6,13-14H,1-2H2/t5-,6-/m0/s1. The Hall–Kier alpha value is 0.1000. The summed E-state index contributed by atoms with van der Waals surface area (Å²) < 4.78 is 1.99. The van der Waals surface area contributed by atoms with Crippen LogP contribution in [0, 0.1) is 0 Å². The number of fused-ring (bicyclic) bond motifs is 2. The molecule has 1 aromatic carbocycles. The topological polar surface area (TPSA) is 40.5 Å². The van der Waals surface area contributed by atoms with Gasteiger partial charge in [0.05, 0.1) is 12.2 Å². The maximum Gasteiger partial charge on any atom is 0.0844 e. The summed E-state index contributed by atoms with van der Waals surface area (Å²) in [5, 5.41) is 19.2. The van der Waals surface area contributed by atoms with E-state index < -0.39 is 0 Å². The minimum Gasteiger partial charge on any atom is -0.388 e. The fourth-order valence-corrected chi connectivity index (χ4v) is 4.01. The minimum absolute atomic E-state index is 0.335. The lowest BCUT2D eigenvalue weighted by Gasteiger charge is -2.37. The Labute approximate surface area is 98.2 Å². The van der Waals surface area contributed by atoms with Crippen molar-refractivity contribution in [3.8, 4) is 0 Å². The first-order valence-corrected chi connectivity index (χ1v) is 6.08. The molecule has 0 aliphatic heterocycles. The summed E-state index contributed by atoms with van der Waals surface area (Å²) >= 11 is 6.99. The van der Waals surface area contributed by atoms with Gasteiger partial charge in [0.1, 0.15) is 0 Å². The van der Waals surface area contributed by atoms with E-state index in [0.717, 1.165) is 31.2 Å². The predicted molar refractivity (Wildman–Crippen MR) is 59.2 cm³/mol. The molecule has 0 saturated heterocycles. The van der Waals surface area contributed by atoms with Gasteiger partial charge in [-0.2, -0.15) is 0 Å². The Morgan fingerprint density at radius 1 is 0.857 bits per heavy atom. The van der Waals surface area contributed by atoms with Gasteiger partial charge in [0.15, 0.2) is 0 Å². The van der Waals surface area contributed by atoms with Gasteiger partial charge in [-0.3, -0.25) is 0 Å². The number of aliphatic hydroxyl groups excluding tert-OH is 2. The molecular weight excluding hydrogens is 312 g/mol. The summed E-state index contributed by atoms with van der Waals surface area (Å²) in [6.45, 7) is 0. The molecule has 2 aliphatic carbocycles. The molecule has 0 fully saturated rings. The van der Waals surface area contributed by atoms with Crippen LogP contribution in [0.15, 0.2) is 8.95 Å². The average molecular weight is 320 g/mol. The lowest BCUT2D eigenvalue weighted by molar-refractivity contribution is 0.139. The van der Waals surface area contributed by atoms with E-state index in [0.29, 0.717) is 12.8 Å². The normalized spacial score (nSPS) is 27.4. The number of halogens is 2. The van der Waals surface area contributed by atoms with Gasteiger partial charge in [-0.1, -0.05) is 31.9 Å². The molecule has 0 amide bonds. The van der Waals surface area contributed by atoms with Crippen LogP contribution in [0.25, 0.3) is 0 Å². The van der Waals surface area contributed by atoms with Crippen molar-refractivity contribution >= 4 is 31.9 Å². The zero-order chi connectivity index (χ0) is 10.0. The van der Waals surface area contributed by atoms with E-state index in [1.807, 2.05) is 0 Å². The number of hydrogen-bond donors (Lipinski definition) is 2. The second-order valence-electron chi connectivity index (χ2n) is 3.85. The fraction of sp³-hybridized carbons (Fsp3) is 0.400. The lowest BCUT2D eigenvalue weighted by atomic mass is 9.75. The molecule has 0 unspecified atom stereocenters. The molecule has 0 spiro atoms. The smallest absolute Gasteiger partial charge is 0.0844 e. The van der Waals surface area contributed by atoms with Crippen LogP contribution in [-0.4, -0.2) is 10.2 Å². The summed E-state index contributed by atoms with van der Waals surface area (Å²) in [6, 6.07) is 0. The average Bonchev–Trinajstić information content (AvgIpc) is 2.07. The molecule has 2 nitrogen and oxygen atoms in total. The molecule has 0 bridgehead atoms. The first kappa shape index (κ1) is 9.33. The van der Waals surface area contributed by atoms with Crippen LogP contribution in [0.3, 0.4) is 0 Å². The van der Waals surface area contributed by atoms with Crippen molar-refractivity contribution in [2.75, 3.05) is 0 Å². The van der Waals surface area contributed by atoms with Gasteiger partial charge in [0.25, 0.3) is 0 Å². The van der Waals surface area contributed by atoms with Crippen molar-refractivity contribution in [2.45, 2.75) is 25.0 Å². The highest BCUT2D eigenvalue weighted by Crippen LogP contribution is 2.52. The van der Waals surface area contributed by atoms with Gasteiger partial charge >= 0.3 is 0 Å². The molecule has 74 valence electrons. The Balaban J connectivity index is 2.30. The van der Waals surface area contributed by atoms with E-state index in [2.05, 4.69) is 31.9 Å². The number of rotatable bonds is 0. The zero-order valence-corrected chi connectivity index (χ0v) is 10.4. The van der Waals surface area contributed by atoms with Crippen molar-refractivity contribution in [1.82, 2.24) is 0 Å². The third-order valence-corrected chi connectivity index (χ3v) is 4.93. The van der Waals surface area contributed by atoms with Crippen LogP contribution >= 0.6 is 31.9 Å². The van der Waals surface area contributed by atoms with E-state index >= 15 is 0 Å². The minimum atomic E-state index is -0.335. The van der Waals surface area contributed by atoms with Crippen molar-refractivity contribution in [3.05, 3.63) is 31.2 Å². The monoisotopic (exact) mass is 318 g/mol. The Morgan fingerprint density at radius 2 is 1.21 bits per heavy atom. The van der Waals surface area contributed by atoms with Gasteiger partial charge in [-0.25, -0.2) is 0 Å². The molecule has 2 aliphatic rings. The lowest BCUT2D eigenvalue weighted by Crippen LogP contribution is -2.27. The van der Waals surface area contributed by atoms with E-state index in [9.17, 15) is 10.2 Å². The van der Waals surface area contributed by atoms with Gasteiger partial charge in [0, 0.05) is 21.8 Å². The summed E-state index contributed by atoms with van der Waals surface area (Å²) in [7, 11) is 0. The Bertz CT molecular complexity index is 384. The highest BCUT2D eigenvalue weighted by atomic mass is 79.9. The highest BCUT2D eigenvalue weighted by Gasteiger charge is 2.38. The third-order valence-electron chi connectivity index (χ3n) is 3.11. The first-order valence-electron chi connectivity index (χ1n) is 4.50. The van der Waals surface area contributed by atoms with Crippen LogP contribution in [0.5, 0.6) is 0 Å². The number of aliphatic hydroxyl groups is 2. The van der Waals surface area contributed by atoms with Gasteiger partial charge < -0.3 is 10.2 Å². The SMILES string of the molecule is O[C@H]1Cc2c(Br)c3c(c(Br)c21)C[C@@H]3O. The molecule has 2 N–H and O–H groups in total. The molecular formula is C10H8Br2O2. The van der Waals surface area contributed by atoms with E-state index in [1.54, 1.807) is 0 Å². The van der Waals surface area contributed by atoms with E-state index in [-0.39, 0.29) is 12.2 Å². The molecule has 0 heterocycles. The largest absolute Gasteiger partial charge is 0.388 e. The zero-order valence-electron chi connectivity index (χ0n) is 7.22. The van der Waals surface area contributed by atoms with Crippen molar-refractivity contribution in [2.24, 2.45) is 0 Å². The van der Waals surface area contributed by atoms with Crippen molar-refractivity contribution in [1.29, 1.82) is 0 Å². The van der Waals surface area contributed by atoms with Gasteiger partial charge in [0.2, 0.25) is 0 Å². The molecule has 4 heteroatoms. The molecule has 0 saturated carbocycles. The van der Waals surface area contributed by atoms with Crippen molar-refractivity contribution in [3.63, 3.8) is 0 Å². The number of benzene rings is 1. The van der Waals surface area contributed by atoms with E-state index in [1.165, 1.54) is 0 Å². The second kappa shape index (κ2) is 2.82. The molecule has 14 heavy (non-hydrogen) atoms. The molecule has 2 atom stereocenters. The van der Waals surface area contributed by atoms with Crippen LogP contribution in [0.2, 0.25) is 0 Å². The third kappa shape index (κ3) is 0.927. The maximum absolute atomic E-state index is 9.60.